The number of hydrogen-bond donors (Lipinski definition) is 2. The number of carbonyl (C=O) groups is 2. The molecule has 7 heteroatoms. The lowest BCUT2D eigenvalue weighted by Crippen LogP contribution is -2.17. The fourth-order valence-electron chi connectivity index (χ4n) is 3.81. The quantitative estimate of drug-likeness (QED) is 0.271. The molecule has 2 N–H and O–H groups in total. The second-order valence-corrected chi connectivity index (χ2v) is 7.62. The van der Waals surface area contributed by atoms with Gasteiger partial charge in [0, 0.05) is 22.6 Å². The lowest BCUT2D eigenvalue weighted by Gasteiger charge is -2.10. The molecule has 1 amide bonds. The summed E-state index contributed by atoms with van der Waals surface area (Å²) in [5.74, 6) is -0.986. The van der Waals surface area contributed by atoms with E-state index < -0.39 is 5.91 Å². The van der Waals surface area contributed by atoms with E-state index >= 15 is 0 Å². The number of esters is 1. The molecule has 0 atom stereocenters. The van der Waals surface area contributed by atoms with Crippen LogP contribution in [0, 0.1) is 13.8 Å². The van der Waals surface area contributed by atoms with Crippen molar-refractivity contribution >= 4 is 28.9 Å². The van der Waals surface area contributed by atoms with Gasteiger partial charge in [-0.3, -0.25) is 4.79 Å². The van der Waals surface area contributed by atoms with Crippen molar-refractivity contribution in [3.63, 3.8) is 0 Å². The summed E-state index contributed by atoms with van der Waals surface area (Å²) in [5.41, 5.74) is 6.73. The predicted octanol–water partition coefficient (Wildman–Crippen LogP) is 4.50. The number of benzene rings is 3. The topological polar surface area (TPSA) is 92.9 Å². The second-order valence-electron chi connectivity index (χ2n) is 7.62. The highest BCUT2D eigenvalue weighted by atomic mass is 16.5. The first-order valence-electron chi connectivity index (χ1n) is 10.3. The monoisotopic (exact) mass is 441 g/mol. The molecule has 1 heterocycles. The Morgan fingerprint density at radius 3 is 2.33 bits per heavy atom. The van der Waals surface area contributed by atoms with E-state index in [1.165, 1.54) is 7.11 Å². The molecular formula is C26H23N3O4. The number of phenols is 1. The summed E-state index contributed by atoms with van der Waals surface area (Å²) in [6, 6.07) is 19.8. The largest absolute Gasteiger partial charge is 0.507 e. The standard InChI is InChI=1S/C26H23N3O4/c1-16-12-21(17(2)29(16)22-10-8-18(9-11-22)26(32)33-3)15-27-28-25(31)23-13-19-6-4-5-7-20(19)14-24(23)30/h4-15,30H,1-3H3,(H,28,31)/b27-15-. The van der Waals surface area contributed by atoms with E-state index in [0.29, 0.717) is 5.56 Å². The number of rotatable bonds is 5. The molecule has 166 valence electrons. The molecule has 0 saturated carbocycles. The van der Waals surface area contributed by atoms with Gasteiger partial charge in [-0.1, -0.05) is 24.3 Å². The molecule has 0 aliphatic rings. The van der Waals surface area contributed by atoms with E-state index in [4.69, 9.17) is 4.74 Å². The van der Waals surface area contributed by atoms with Crippen LogP contribution >= 0.6 is 0 Å². The number of hydrogen-bond acceptors (Lipinski definition) is 5. The van der Waals surface area contributed by atoms with Crippen molar-refractivity contribution < 1.29 is 19.4 Å². The molecule has 0 fully saturated rings. The van der Waals surface area contributed by atoms with E-state index in [0.717, 1.165) is 33.4 Å². The van der Waals surface area contributed by atoms with Gasteiger partial charge >= 0.3 is 5.97 Å². The van der Waals surface area contributed by atoms with E-state index in [2.05, 4.69) is 10.5 Å². The highest BCUT2D eigenvalue weighted by molar-refractivity contribution is 6.01. The van der Waals surface area contributed by atoms with Gasteiger partial charge in [0.1, 0.15) is 5.75 Å². The third-order valence-electron chi connectivity index (χ3n) is 5.50. The number of carbonyl (C=O) groups excluding carboxylic acids is 2. The maximum atomic E-state index is 12.6. The number of hydrazone groups is 1. The van der Waals surface area contributed by atoms with Crippen LogP contribution in [0.15, 0.2) is 71.8 Å². The van der Waals surface area contributed by atoms with Gasteiger partial charge in [0.2, 0.25) is 0 Å². The second kappa shape index (κ2) is 9.00. The fourth-order valence-corrected chi connectivity index (χ4v) is 3.81. The van der Waals surface area contributed by atoms with E-state index in [1.54, 1.807) is 30.5 Å². The summed E-state index contributed by atoms with van der Waals surface area (Å²) in [7, 11) is 1.35. The smallest absolute Gasteiger partial charge is 0.337 e. The molecule has 4 rings (SSSR count). The van der Waals surface area contributed by atoms with Gasteiger partial charge in [0.05, 0.1) is 24.5 Å². The van der Waals surface area contributed by atoms with Gasteiger partial charge in [-0.05, 0) is 67.1 Å². The number of methoxy groups -OCH3 is 1. The summed E-state index contributed by atoms with van der Waals surface area (Å²) >= 11 is 0. The molecular weight excluding hydrogens is 418 g/mol. The maximum absolute atomic E-state index is 12.6. The third-order valence-corrected chi connectivity index (χ3v) is 5.50. The zero-order valence-electron chi connectivity index (χ0n) is 18.5. The third kappa shape index (κ3) is 4.34. The van der Waals surface area contributed by atoms with Crippen molar-refractivity contribution in [3.8, 4) is 11.4 Å². The molecule has 0 radical (unpaired) electrons. The van der Waals surface area contributed by atoms with E-state index in [1.807, 2.05) is 60.9 Å². The molecule has 0 spiro atoms. The highest BCUT2D eigenvalue weighted by Crippen LogP contribution is 2.25. The molecule has 7 nitrogen and oxygen atoms in total. The van der Waals surface area contributed by atoms with Crippen LogP contribution in [0.4, 0.5) is 0 Å². The number of aromatic hydroxyl groups is 1. The summed E-state index contributed by atoms with van der Waals surface area (Å²) in [4.78, 5) is 24.2. The van der Waals surface area contributed by atoms with Crippen molar-refractivity contribution in [3.05, 3.63) is 94.8 Å². The zero-order valence-corrected chi connectivity index (χ0v) is 18.5. The zero-order chi connectivity index (χ0) is 23.5. The number of nitrogens with one attached hydrogen (secondary N) is 1. The molecule has 4 aromatic rings. The average molecular weight is 441 g/mol. The number of aromatic nitrogens is 1. The van der Waals surface area contributed by atoms with Gasteiger partial charge in [0.25, 0.3) is 5.91 Å². The van der Waals surface area contributed by atoms with Gasteiger partial charge < -0.3 is 14.4 Å². The minimum atomic E-state index is -0.498. The van der Waals surface area contributed by atoms with Crippen LogP contribution in [0.2, 0.25) is 0 Å². The normalized spacial score (nSPS) is 11.1. The van der Waals surface area contributed by atoms with Crippen LogP contribution in [0.3, 0.4) is 0 Å². The first kappa shape index (κ1) is 21.8. The van der Waals surface area contributed by atoms with Gasteiger partial charge in [0.15, 0.2) is 0 Å². The summed E-state index contributed by atoms with van der Waals surface area (Å²) in [5, 5.41) is 16.0. The van der Waals surface area contributed by atoms with Crippen LogP contribution in [0.5, 0.6) is 5.75 Å². The Kier molecular flexibility index (Phi) is 5.95. The Morgan fingerprint density at radius 2 is 1.67 bits per heavy atom. The maximum Gasteiger partial charge on any atom is 0.337 e. The number of phenolic OH excluding ortho intramolecular Hbond substituents is 1. The van der Waals surface area contributed by atoms with Crippen LogP contribution in [0.25, 0.3) is 16.5 Å². The van der Waals surface area contributed by atoms with E-state index in [-0.39, 0.29) is 17.3 Å². The first-order valence-corrected chi connectivity index (χ1v) is 10.3. The van der Waals surface area contributed by atoms with Gasteiger partial charge in [-0.2, -0.15) is 5.10 Å². The Balaban J connectivity index is 1.53. The van der Waals surface area contributed by atoms with Crippen molar-refractivity contribution in [1.29, 1.82) is 0 Å². The predicted molar refractivity (Wildman–Crippen MR) is 127 cm³/mol. The van der Waals surface area contributed by atoms with Crippen LogP contribution in [-0.2, 0) is 4.74 Å². The van der Waals surface area contributed by atoms with E-state index in [9.17, 15) is 14.7 Å². The van der Waals surface area contributed by atoms with Crippen molar-refractivity contribution in [2.75, 3.05) is 7.11 Å². The SMILES string of the molecule is COC(=O)c1ccc(-n2c(C)cc(/C=N\NC(=O)c3cc4ccccc4cc3O)c2C)cc1. The Morgan fingerprint density at radius 1 is 1.00 bits per heavy atom. The Labute approximate surface area is 190 Å². The minimum Gasteiger partial charge on any atom is -0.507 e. The van der Waals surface area contributed by atoms with Crippen molar-refractivity contribution in [2.24, 2.45) is 5.10 Å². The van der Waals surface area contributed by atoms with Crippen LogP contribution in [-0.4, -0.2) is 34.9 Å². The lowest BCUT2D eigenvalue weighted by molar-refractivity contribution is 0.0600. The van der Waals surface area contributed by atoms with Gasteiger partial charge in [-0.25, -0.2) is 10.2 Å². The van der Waals surface area contributed by atoms with Crippen molar-refractivity contribution in [1.82, 2.24) is 9.99 Å². The lowest BCUT2D eigenvalue weighted by atomic mass is 10.1. The highest BCUT2D eigenvalue weighted by Gasteiger charge is 2.13. The summed E-state index contributed by atoms with van der Waals surface area (Å²) < 4.78 is 6.77. The summed E-state index contributed by atoms with van der Waals surface area (Å²) in [6.45, 7) is 3.91. The molecule has 0 unspecified atom stereocenters. The number of amides is 1. The number of aryl methyl sites for hydroxylation is 1. The fraction of sp³-hybridized carbons (Fsp3) is 0.115. The minimum absolute atomic E-state index is 0.102. The van der Waals surface area contributed by atoms with Gasteiger partial charge in [-0.15, -0.1) is 0 Å². The van der Waals surface area contributed by atoms with Crippen molar-refractivity contribution in [2.45, 2.75) is 13.8 Å². The molecule has 3 aromatic carbocycles. The number of nitrogens with zero attached hydrogens (tertiary/aromatic N) is 2. The van der Waals surface area contributed by atoms with Crippen LogP contribution < -0.4 is 5.43 Å². The Bertz CT molecular complexity index is 1380. The first-order chi connectivity index (χ1) is 15.9. The molecule has 1 aromatic heterocycles. The molecule has 0 bridgehead atoms. The number of ether oxygens (including phenoxy) is 1. The van der Waals surface area contributed by atoms with Crippen LogP contribution in [0.1, 0.15) is 37.7 Å². The number of fused-ring (bicyclic) bond motifs is 1. The average Bonchev–Trinajstić information content (AvgIpc) is 3.10. The molecule has 0 aliphatic carbocycles. The molecule has 0 aliphatic heterocycles. The Hall–Kier alpha value is -4.39. The summed E-state index contributed by atoms with van der Waals surface area (Å²) in [6.07, 6.45) is 1.57. The molecule has 33 heavy (non-hydrogen) atoms. The molecule has 0 saturated heterocycles.